The molecule has 4 nitrogen and oxygen atoms in total. The third-order valence-electron chi connectivity index (χ3n) is 6.34. The zero-order valence-corrected chi connectivity index (χ0v) is 19.3. The van der Waals surface area contributed by atoms with Crippen LogP contribution in [-0.2, 0) is 4.74 Å². The van der Waals surface area contributed by atoms with Gasteiger partial charge in [0.2, 0.25) is 0 Å². The molecule has 0 radical (unpaired) electrons. The smallest absolute Gasteiger partial charge is 0.409 e. The van der Waals surface area contributed by atoms with Gasteiger partial charge in [-0.15, -0.1) is 0 Å². The van der Waals surface area contributed by atoms with Gasteiger partial charge >= 0.3 is 6.09 Å². The van der Waals surface area contributed by atoms with Crippen LogP contribution < -0.4 is 0 Å². The molecule has 172 valence electrons. The number of carbonyl (C=O) groups is 1. The minimum absolute atomic E-state index is 0.164. The molecule has 0 aromatic heterocycles. The second-order valence-corrected chi connectivity index (χ2v) is 9.03. The van der Waals surface area contributed by atoms with Crippen LogP contribution in [0.2, 0.25) is 0 Å². The van der Waals surface area contributed by atoms with Gasteiger partial charge in [-0.25, -0.2) is 4.79 Å². The molecule has 1 saturated heterocycles. The van der Waals surface area contributed by atoms with E-state index in [-0.39, 0.29) is 18.6 Å². The monoisotopic (exact) mass is 411 g/mol. The average molecular weight is 412 g/mol. The predicted octanol–water partition coefficient (Wildman–Crippen LogP) is 7.09. The van der Waals surface area contributed by atoms with Gasteiger partial charge in [-0.3, -0.25) is 0 Å². The molecule has 1 rings (SSSR count). The number of ether oxygens (including phenoxy) is 1. The van der Waals surface area contributed by atoms with Crippen molar-refractivity contribution in [2.24, 2.45) is 5.92 Å². The van der Waals surface area contributed by atoms with Crippen LogP contribution in [0.3, 0.4) is 0 Å². The molecule has 1 heterocycles. The van der Waals surface area contributed by atoms with Gasteiger partial charge in [0.15, 0.2) is 0 Å². The van der Waals surface area contributed by atoms with E-state index in [9.17, 15) is 9.90 Å². The Morgan fingerprint density at radius 3 is 1.83 bits per heavy atom. The van der Waals surface area contributed by atoms with Gasteiger partial charge in [-0.2, -0.15) is 0 Å². The minimum atomic E-state index is -0.164. The van der Waals surface area contributed by atoms with Crippen LogP contribution in [0.1, 0.15) is 122 Å². The first-order chi connectivity index (χ1) is 14.3. The fraction of sp³-hybridized carbons (Fsp3) is 0.960. The molecule has 0 aliphatic carbocycles. The zero-order chi connectivity index (χ0) is 21.0. The van der Waals surface area contributed by atoms with E-state index in [1.807, 2.05) is 4.90 Å². The van der Waals surface area contributed by atoms with E-state index in [0.717, 1.165) is 38.8 Å². The standard InChI is InChI=1S/C25H49NO3/c1-2-3-4-5-6-7-8-9-10-11-12-13-15-18-24(23-27)19-22-29-25(28)26-20-16-14-17-21-26/h24,27H,2-23H2,1H3. The SMILES string of the molecule is CCCCCCCCCCCCCCCC(CO)CCOC(=O)N1CCCCC1. The second kappa shape index (κ2) is 19.2. The Labute approximate surface area is 180 Å². The summed E-state index contributed by atoms with van der Waals surface area (Å²) in [6, 6.07) is 0. The van der Waals surface area contributed by atoms with Crippen LogP contribution in [-0.4, -0.2) is 42.4 Å². The van der Waals surface area contributed by atoms with E-state index >= 15 is 0 Å². The molecule has 0 bridgehead atoms. The van der Waals surface area contributed by atoms with Gasteiger partial charge in [0.05, 0.1) is 6.61 Å². The number of likely N-dealkylation sites (tertiary alicyclic amines) is 1. The summed E-state index contributed by atoms with van der Waals surface area (Å²) in [4.78, 5) is 13.8. The van der Waals surface area contributed by atoms with E-state index in [1.165, 1.54) is 89.9 Å². The van der Waals surface area contributed by atoms with Crippen LogP contribution in [0.5, 0.6) is 0 Å². The van der Waals surface area contributed by atoms with Crippen molar-refractivity contribution in [1.29, 1.82) is 0 Å². The number of amides is 1. The fourth-order valence-corrected chi connectivity index (χ4v) is 4.26. The molecule has 1 unspecified atom stereocenters. The van der Waals surface area contributed by atoms with E-state index in [2.05, 4.69) is 6.92 Å². The molecule has 1 aliphatic heterocycles. The number of carbonyl (C=O) groups excluding carboxylic acids is 1. The topological polar surface area (TPSA) is 49.8 Å². The van der Waals surface area contributed by atoms with Crippen LogP contribution in [0.15, 0.2) is 0 Å². The molecule has 1 N–H and O–H groups in total. The van der Waals surface area contributed by atoms with Crippen LogP contribution in [0.25, 0.3) is 0 Å². The summed E-state index contributed by atoms with van der Waals surface area (Å²) < 4.78 is 5.41. The Bertz CT molecular complexity index is 369. The molecular weight excluding hydrogens is 362 g/mol. The highest BCUT2D eigenvalue weighted by atomic mass is 16.6. The highest BCUT2D eigenvalue weighted by molar-refractivity contribution is 5.67. The number of nitrogens with zero attached hydrogens (tertiary/aromatic N) is 1. The summed E-state index contributed by atoms with van der Waals surface area (Å²) in [5.41, 5.74) is 0. The van der Waals surface area contributed by atoms with E-state index in [0.29, 0.717) is 6.61 Å². The molecular formula is C25H49NO3. The average Bonchev–Trinajstić information content (AvgIpc) is 2.76. The van der Waals surface area contributed by atoms with Gasteiger partial charge in [-0.05, 0) is 38.0 Å². The van der Waals surface area contributed by atoms with Gasteiger partial charge in [0.1, 0.15) is 0 Å². The van der Waals surface area contributed by atoms with Crippen molar-refractivity contribution in [2.75, 3.05) is 26.3 Å². The first-order valence-corrected chi connectivity index (χ1v) is 12.8. The number of hydrogen-bond acceptors (Lipinski definition) is 3. The molecule has 0 spiro atoms. The number of rotatable bonds is 18. The summed E-state index contributed by atoms with van der Waals surface area (Å²) in [6.45, 7) is 4.60. The molecule has 1 amide bonds. The lowest BCUT2D eigenvalue weighted by molar-refractivity contribution is 0.0843. The van der Waals surface area contributed by atoms with Crippen molar-refractivity contribution < 1.29 is 14.6 Å². The lowest BCUT2D eigenvalue weighted by Gasteiger charge is -2.26. The predicted molar refractivity (Wildman–Crippen MR) is 122 cm³/mol. The Hall–Kier alpha value is -0.770. The maximum absolute atomic E-state index is 12.0. The summed E-state index contributed by atoms with van der Waals surface area (Å²) in [7, 11) is 0. The first-order valence-electron chi connectivity index (χ1n) is 12.8. The maximum atomic E-state index is 12.0. The summed E-state index contributed by atoms with van der Waals surface area (Å²) in [5, 5.41) is 9.58. The molecule has 1 atom stereocenters. The number of piperidine rings is 1. The van der Waals surface area contributed by atoms with Crippen molar-refractivity contribution in [2.45, 2.75) is 122 Å². The van der Waals surface area contributed by atoms with Gasteiger partial charge in [-0.1, -0.05) is 90.4 Å². The fourth-order valence-electron chi connectivity index (χ4n) is 4.26. The number of hydrogen-bond donors (Lipinski definition) is 1. The molecule has 29 heavy (non-hydrogen) atoms. The molecule has 1 aliphatic rings. The van der Waals surface area contributed by atoms with Crippen molar-refractivity contribution in [3.63, 3.8) is 0 Å². The van der Waals surface area contributed by atoms with Gasteiger partial charge in [0.25, 0.3) is 0 Å². The lowest BCUT2D eigenvalue weighted by Crippen LogP contribution is -2.36. The minimum Gasteiger partial charge on any atom is -0.449 e. The van der Waals surface area contributed by atoms with Crippen molar-refractivity contribution in [3.05, 3.63) is 0 Å². The van der Waals surface area contributed by atoms with Crippen molar-refractivity contribution >= 4 is 6.09 Å². The maximum Gasteiger partial charge on any atom is 0.409 e. The Morgan fingerprint density at radius 2 is 1.31 bits per heavy atom. The molecule has 0 saturated carbocycles. The Morgan fingerprint density at radius 1 is 0.793 bits per heavy atom. The normalized spacial score (nSPS) is 15.4. The number of aliphatic hydroxyl groups is 1. The van der Waals surface area contributed by atoms with Crippen LogP contribution >= 0.6 is 0 Å². The quantitative estimate of drug-likeness (QED) is 0.245. The van der Waals surface area contributed by atoms with Crippen molar-refractivity contribution in [1.82, 2.24) is 4.90 Å². The lowest BCUT2D eigenvalue weighted by atomic mass is 9.98. The van der Waals surface area contributed by atoms with E-state index in [4.69, 9.17) is 4.74 Å². The van der Waals surface area contributed by atoms with E-state index < -0.39 is 0 Å². The highest BCUT2D eigenvalue weighted by Gasteiger charge is 2.18. The molecule has 0 aromatic rings. The van der Waals surface area contributed by atoms with E-state index in [1.54, 1.807) is 0 Å². The first kappa shape index (κ1) is 26.3. The largest absolute Gasteiger partial charge is 0.449 e. The third-order valence-corrected chi connectivity index (χ3v) is 6.34. The molecule has 1 fully saturated rings. The zero-order valence-electron chi connectivity index (χ0n) is 19.3. The van der Waals surface area contributed by atoms with Crippen LogP contribution in [0, 0.1) is 5.92 Å². The van der Waals surface area contributed by atoms with Crippen LogP contribution in [0.4, 0.5) is 4.79 Å². The van der Waals surface area contributed by atoms with Crippen molar-refractivity contribution in [3.8, 4) is 0 Å². The highest BCUT2D eigenvalue weighted by Crippen LogP contribution is 2.17. The number of aliphatic hydroxyl groups excluding tert-OH is 1. The molecule has 0 aromatic carbocycles. The summed E-state index contributed by atoms with van der Waals surface area (Å²) in [6.07, 6.45) is 22.8. The summed E-state index contributed by atoms with van der Waals surface area (Å²) in [5.74, 6) is 0.275. The molecule has 4 heteroatoms. The van der Waals surface area contributed by atoms with Gasteiger partial charge in [0, 0.05) is 19.7 Å². The van der Waals surface area contributed by atoms with Gasteiger partial charge < -0.3 is 14.7 Å². The second-order valence-electron chi connectivity index (χ2n) is 9.03. The number of unbranched alkanes of at least 4 members (excludes halogenated alkanes) is 12. The Balaban J connectivity index is 1.87. The Kier molecular flexibility index (Phi) is 17.4. The summed E-state index contributed by atoms with van der Waals surface area (Å²) >= 11 is 0. The third kappa shape index (κ3) is 14.8.